The summed E-state index contributed by atoms with van der Waals surface area (Å²) in [5, 5.41) is 6.27. The molecule has 0 unspecified atom stereocenters. The Labute approximate surface area is 198 Å². The molecule has 0 spiro atoms. The number of fused-ring (bicyclic) bond motifs is 1. The maximum absolute atomic E-state index is 13.0. The van der Waals surface area contributed by atoms with Crippen LogP contribution in [-0.2, 0) is 6.18 Å². The van der Waals surface area contributed by atoms with Crippen LogP contribution in [0.25, 0.3) is 5.65 Å². The van der Waals surface area contributed by atoms with Crippen LogP contribution in [0.15, 0.2) is 42.7 Å². The maximum Gasteiger partial charge on any atom is 0.434 e. The van der Waals surface area contributed by atoms with E-state index in [9.17, 15) is 26.7 Å². The van der Waals surface area contributed by atoms with Gasteiger partial charge in [0.15, 0.2) is 5.69 Å². The van der Waals surface area contributed by atoms with E-state index in [0.29, 0.717) is 30.0 Å². The summed E-state index contributed by atoms with van der Waals surface area (Å²) in [6, 6.07) is 7.94. The molecule has 35 heavy (non-hydrogen) atoms. The van der Waals surface area contributed by atoms with E-state index in [2.05, 4.69) is 20.6 Å². The predicted octanol–water partition coefficient (Wildman–Crippen LogP) is 4.60. The third-order valence-corrected chi connectivity index (χ3v) is 6.01. The molecule has 0 saturated heterocycles. The Morgan fingerprint density at radius 2 is 1.86 bits per heavy atom. The molecular weight excluding hydrogens is 471 g/mol. The van der Waals surface area contributed by atoms with E-state index in [-0.39, 0.29) is 23.6 Å². The van der Waals surface area contributed by atoms with Crippen molar-refractivity contribution in [3.05, 3.63) is 54.0 Å². The Bertz CT molecular complexity index is 1160. The lowest BCUT2D eigenvalue weighted by molar-refractivity contribution is -0.140. The normalized spacial score (nSPS) is 18.6. The molecule has 0 atom stereocenters. The van der Waals surface area contributed by atoms with Crippen LogP contribution in [-0.4, -0.2) is 52.4 Å². The van der Waals surface area contributed by atoms with Gasteiger partial charge in [-0.1, -0.05) is 6.07 Å². The molecule has 0 bridgehead atoms. The Kier molecular flexibility index (Phi) is 7.08. The van der Waals surface area contributed by atoms with Crippen molar-refractivity contribution in [3.8, 4) is 0 Å². The van der Waals surface area contributed by atoms with Crippen molar-refractivity contribution in [2.24, 2.45) is 0 Å². The van der Waals surface area contributed by atoms with Gasteiger partial charge in [-0.15, -0.1) is 0 Å². The van der Waals surface area contributed by atoms with E-state index in [1.807, 2.05) is 0 Å². The third-order valence-electron chi connectivity index (χ3n) is 6.01. The Morgan fingerprint density at radius 3 is 2.49 bits per heavy atom. The highest BCUT2D eigenvalue weighted by Gasteiger charge is 2.34. The number of pyridine rings is 2. The number of aromatic nitrogens is 3. The lowest BCUT2D eigenvalue weighted by Crippen LogP contribution is -2.40. The molecule has 3 heterocycles. The van der Waals surface area contributed by atoms with Crippen molar-refractivity contribution in [1.29, 1.82) is 0 Å². The fourth-order valence-electron chi connectivity index (χ4n) is 4.17. The van der Waals surface area contributed by atoms with Gasteiger partial charge in [0.25, 0.3) is 12.3 Å². The molecule has 7 nitrogen and oxygen atoms in total. The summed E-state index contributed by atoms with van der Waals surface area (Å²) in [6.07, 6.45) is -1.83. The summed E-state index contributed by atoms with van der Waals surface area (Å²) >= 11 is 0. The van der Waals surface area contributed by atoms with E-state index in [0.717, 1.165) is 19.0 Å². The first-order valence-corrected chi connectivity index (χ1v) is 11.2. The van der Waals surface area contributed by atoms with Gasteiger partial charge in [0.1, 0.15) is 17.3 Å². The number of carbonyl (C=O) groups is 1. The van der Waals surface area contributed by atoms with Crippen molar-refractivity contribution in [2.45, 2.75) is 50.4 Å². The second-order valence-electron chi connectivity index (χ2n) is 8.61. The number of nitrogens with zero attached hydrogens (tertiary/aromatic N) is 4. The van der Waals surface area contributed by atoms with Gasteiger partial charge in [-0.25, -0.2) is 18.7 Å². The number of hydrogen-bond donors (Lipinski definition) is 2. The van der Waals surface area contributed by atoms with E-state index in [1.165, 1.54) is 34.7 Å². The van der Waals surface area contributed by atoms with Crippen LogP contribution in [0, 0.1) is 0 Å². The van der Waals surface area contributed by atoms with Crippen LogP contribution in [0.1, 0.15) is 41.7 Å². The summed E-state index contributed by atoms with van der Waals surface area (Å²) in [4.78, 5) is 21.6. The van der Waals surface area contributed by atoms with Gasteiger partial charge < -0.3 is 15.5 Å². The predicted molar refractivity (Wildman–Crippen MR) is 121 cm³/mol. The Hall–Kier alpha value is -3.44. The van der Waals surface area contributed by atoms with Crippen LogP contribution in [0.4, 0.5) is 33.6 Å². The molecule has 1 saturated carbocycles. The molecule has 12 heteroatoms. The van der Waals surface area contributed by atoms with Crippen molar-refractivity contribution in [1.82, 2.24) is 19.7 Å². The first kappa shape index (κ1) is 24.7. The molecule has 3 aromatic heterocycles. The molecule has 0 aromatic carbocycles. The number of anilines is 2. The van der Waals surface area contributed by atoms with Crippen molar-refractivity contribution in [2.75, 3.05) is 23.8 Å². The molecule has 0 radical (unpaired) electrons. The highest BCUT2D eigenvalue weighted by molar-refractivity contribution is 5.94. The quantitative estimate of drug-likeness (QED) is 0.468. The summed E-state index contributed by atoms with van der Waals surface area (Å²) in [5.74, 6) is 0.587. The van der Waals surface area contributed by atoms with Crippen LogP contribution < -0.4 is 15.5 Å². The molecular formula is C23H25F5N6O. The number of imidazole rings is 1. The summed E-state index contributed by atoms with van der Waals surface area (Å²) in [6.45, 7) is -0.450. The minimum absolute atomic E-state index is 0.0387. The van der Waals surface area contributed by atoms with Crippen molar-refractivity contribution >= 4 is 23.2 Å². The van der Waals surface area contributed by atoms with Gasteiger partial charge in [0, 0.05) is 31.5 Å². The van der Waals surface area contributed by atoms with Gasteiger partial charge in [0.05, 0.1) is 12.1 Å². The van der Waals surface area contributed by atoms with E-state index in [1.54, 1.807) is 18.2 Å². The van der Waals surface area contributed by atoms with Gasteiger partial charge in [-0.2, -0.15) is 13.2 Å². The summed E-state index contributed by atoms with van der Waals surface area (Å²) in [7, 11) is 1.50. The molecule has 1 fully saturated rings. The zero-order valence-corrected chi connectivity index (χ0v) is 18.9. The minimum Gasteiger partial charge on any atom is -0.368 e. The van der Waals surface area contributed by atoms with Crippen LogP contribution in [0.2, 0.25) is 0 Å². The second kappa shape index (κ2) is 10.0. The van der Waals surface area contributed by atoms with Crippen molar-refractivity contribution in [3.63, 3.8) is 0 Å². The van der Waals surface area contributed by atoms with E-state index >= 15 is 0 Å². The lowest BCUT2D eigenvalue weighted by Gasteiger charge is -2.30. The Morgan fingerprint density at radius 1 is 1.14 bits per heavy atom. The number of carbonyl (C=O) groups excluding carboxylic acids is 1. The third kappa shape index (κ3) is 5.98. The molecule has 2 N–H and O–H groups in total. The van der Waals surface area contributed by atoms with Crippen LogP contribution >= 0.6 is 0 Å². The number of hydrogen-bond acceptors (Lipinski definition) is 5. The molecule has 1 aliphatic carbocycles. The second-order valence-corrected chi connectivity index (χ2v) is 8.61. The number of rotatable bonds is 7. The molecule has 4 rings (SSSR count). The first-order chi connectivity index (χ1) is 16.6. The first-order valence-electron chi connectivity index (χ1n) is 11.2. The van der Waals surface area contributed by atoms with E-state index in [4.69, 9.17) is 0 Å². The highest BCUT2D eigenvalue weighted by atomic mass is 19.4. The van der Waals surface area contributed by atoms with Crippen molar-refractivity contribution < 1.29 is 26.7 Å². The zero-order valence-electron chi connectivity index (χ0n) is 18.9. The van der Waals surface area contributed by atoms with E-state index < -0.39 is 24.8 Å². The fraction of sp³-hybridized carbons (Fsp3) is 0.435. The number of alkyl halides is 5. The van der Waals surface area contributed by atoms with Gasteiger partial charge >= 0.3 is 6.18 Å². The highest BCUT2D eigenvalue weighted by Crippen LogP contribution is 2.30. The largest absolute Gasteiger partial charge is 0.434 e. The van der Waals surface area contributed by atoms with Gasteiger partial charge in [-0.3, -0.25) is 9.20 Å². The molecule has 0 aliphatic heterocycles. The summed E-state index contributed by atoms with van der Waals surface area (Å²) in [5.41, 5.74) is -0.392. The minimum atomic E-state index is -4.52. The summed E-state index contributed by atoms with van der Waals surface area (Å²) < 4.78 is 65.5. The van der Waals surface area contributed by atoms with Crippen LogP contribution in [0.5, 0.6) is 0 Å². The monoisotopic (exact) mass is 496 g/mol. The van der Waals surface area contributed by atoms with Crippen LogP contribution in [0.3, 0.4) is 0 Å². The zero-order chi connectivity index (χ0) is 25.2. The smallest absolute Gasteiger partial charge is 0.368 e. The Balaban J connectivity index is 1.31. The van der Waals surface area contributed by atoms with Gasteiger partial charge in [-0.05, 0) is 49.9 Å². The number of amides is 1. The van der Waals surface area contributed by atoms with Gasteiger partial charge in [0.2, 0.25) is 0 Å². The number of nitrogens with one attached hydrogen (secondary N) is 2. The molecule has 188 valence electrons. The maximum atomic E-state index is 13.0. The number of halogens is 5. The SMILES string of the molecule is CN(CC(F)F)c1ccc(C(=O)N[C@H]2CC[C@@H](Nc3cccc4nc(C(F)(F)F)cn34)CC2)cn1. The topological polar surface area (TPSA) is 74.6 Å². The average molecular weight is 496 g/mol. The molecule has 1 aliphatic rings. The lowest BCUT2D eigenvalue weighted by atomic mass is 9.91. The fourth-order valence-corrected chi connectivity index (χ4v) is 4.17. The standard InChI is InChI=1S/C23H25F5N6O/c1-33(13-18(24)25)19-10-5-14(11-29-19)22(35)31-16-8-6-15(7-9-16)30-20-3-2-4-21-32-17(12-34(20)21)23(26,27)28/h2-5,10-12,15-16,18,30H,6-9,13H2,1H3,(H,31,35)/t15-,16+. The molecule has 3 aromatic rings. The molecule has 1 amide bonds. The average Bonchev–Trinajstić information content (AvgIpc) is 3.26.